The predicted octanol–water partition coefficient (Wildman–Crippen LogP) is 3.65. The lowest BCUT2D eigenvalue weighted by atomic mass is 9.84. The molecule has 0 spiro atoms. The molecular weight excluding hydrogens is 382 g/mol. The second-order valence-corrected chi connectivity index (χ2v) is 6.87. The second-order valence-electron chi connectivity index (χ2n) is 6.87. The Kier molecular flexibility index (Phi) is 4.98. The molecule has 0 heterocycles. The summed E-state index contributed by atoms with van der Waals surface area (Å²) in [5, 5.41) is 2.63. The van der Waals surface area contributed by atoms with Crippen molar-refractivity contribution < 1.29 is 23.9 Å². The summed E-state index contributed by atoms with van der Waals surface area (Å²) >= 11 is 0. The molecule has 0 bridgehead atoms. The lowest BCUT2D eigenvalue weighted by Crippen LogP contribution is -2.30. The van der Waals surface area contributed by atoms with Gasteiger partial charge in [-0.1, -0.05) is 42.5 Å². The van der Waals surface area contributed by atoms with E-state index in [4.69, 9.17) is 4.74 Å². The number of benzene rings is 3. The number of carbonyl (C=O) groups excluding carboxylic acids is 4. The van der Waals surface area contributed by atoms with Gasteiger partial charge < -0.3 is 10.1 Å². The van der Waals surface area contributed by atoms with Crippen molar-refractivity contribution in [3.63, 3.8) is 0 Å². The highest BCUT2D eigenvalue weighted by Crippen LogP contribution is 2.29. The largest absolute Gasteiger partial charge is 0.449 e. The van der Waals surface area contributed by atoms with E-state index in [1.165, 1.54) is 19.1 Å². The van der Waals surface area contributed by atoms with Crippen LogP contribution in [0, 0.1) is 0 Å². The summed E-state index contributed by atoms with van der Waals surface area (Å²) < 4.78 is 5.20. The first-order chi connectivity index (χ1) is 14.5. The highest BCUT2D eigenvalue weighted by molar-refractivity contribution is 6.28. The van der Waals surface area contributed by atoms with E-state index in [1.807, 2.05) is 0 Å². The zero-order chi connectivity index (χ0) is 21.3. The first-order valence-electron chi connectivity index (χ1n) is 9.35. The van der Waals surface area contributed by atoms with E-state index in [0.717, 1.165) is 0 Å². The lowest BCUT2D eigenvalue weighted by molar-refractivity contribution is -0.123. The van der Waals surface area contributed by atoms with E-state index < -0.39 is 18.0 Å². The molecule has 0 radical (unpaired) electrons. The maximum absolute atomic E-state index is 12.8. The molecule has 1 aliphatic carbocycles. The number of amides is 1. The zero-order valence-electron chi connectivity index (χ0n) is 16.0. The highest BCUT2D eigenvalue weighted by atomic mass is 16.5. The lowest BCUT2D eigenvalue weighted by Gasteiger charge is -2.19. The summed E-state index contributed by atoms with van der Waals surface area (Å²) in [6.07, 6.45) is -1.05. The quantitative estimate of drug-likeness (QED) is 0.529. The third kappa shape index (κ3) is 3.51. The van der Waals surface area contributed by atoms with Gasteiger partial charge in [-0.05, 0) is 37.3 Å². The maximum atomic E-state index is 12.8. The van der Waals surface area contributed by atoms with E-state index in [0.29, 0.717) is 27.9 Å². The number of carbonyl (C=O) groups is 4. The molecule has 30 heavy (non-hydrogen) atoms. The van der Waals surface area contributed by atoms with Gasteiger partial charge in [0.05, 0.1) is 5.56 Å². The van der Waals surface area contributed by atoms with E-state index in [9.17, 15) is 19.2 Å². The zero-order valence-corrected chi connectivity index (χ0v) is 16.0. The molecule has 148 valence electrons. The Morgan fingerprint density at radius 3 is 2.00 bits per heavy atom. The molecule has 1 N–H and O–H groups in total. The van der Waals surface area contributed by atoms with Crippen LogP contribution in [0.3, 0.4) is 0 Å². The number of fused-ring (bicyclic) bond motifs is 2. The van der Waals surface area contributed by atoms with Gasteiger partial charge in [0, 0.05) is 27.9 Å². The molecule has 1 atom stereocenters. The van der Waals surface area contributed by atoms with Gasteiger partial charge in [0.25, 0.3) is 5.91 Å². The number of hydrogen-bond donors (Lipinski definition) is 1. The van der Waals surface area contributed by atoms with Crippen LogP contribution in [-0.4, -0.2) is 29.5 Å². The molecule has 3 aromatic carbocycles. The molecule has 4 rings (SSSR count). The van der Waals surface area contributed by atoms with Crippen molar-refractivity contribution in [2.75, 3.05) is 5.32 Å². The molecule has 0 aromatic heterocycles. The van der Waals surface area contributed by atoms with Crippen LogP contribution in [0.25, 0.3) is 0 Å². The van der Waals surface area contributed by atoms with Gasteiger partial charge in [0.1, 0.15) is 0 Å². The van der Waals surface area contributed by atoms with Gasteiger partial charge >= 0.3 is 5.97 Å². The van der Waals surface area contributed by atoms with Gasteiger partial charge in [0.2, 0.25) is 0 Å². The Hall–Kier alpha value is -4.06. The summed E-state index contributed by atoms with van der Waals surface area (Å²) in [6.45, 7) is 1.46. The molecule has 0 saturated heterocycles. The van der Waals surface area contributed by atoms with Crippen LogP contribution in [0.2, 0.25) is 0 Å². The second kappa shape index (κ2) is 7.75. The topological polar surface area (TPSA) is 89.5 Å². The summed E-state index contributed by atoms with van der Waals surface area (Å²) in [4.78, 5) is 50.0. The Labute approximate surface area is 172 Å². The van der Waals surface area contributed by atoms with Gasteiger partial charge in [-0.3, -0.25) is 14.4 Å². The number of esters is 1. The van der Waals surface area contributed by atoms with Crippen molar-refractivity contribution in [1.82, 2.24) is 0 Å². The maximum Gasteiger partial charge on any atom is 0.338 e. The summed E-state index contributed by atoms with van der Waals surface area (Å²) in [7, 11) is 0. The van der Waals surface area contributed by atoms with E-state index in [1.54, 1.807) is 60.7 Å². The van der Waals surface area contributed by atoms with Crippen molar-refractivity contribution in [2.24, 2.45) is 0 Å². The summed E-state index contributed by atoms with van der Waals surface area (Å²) in [6, 6.07) is 19.5. The summed E-state index contributed by atoms with van der Waals surface area (Å²) in [5.41, 5.74) is 1.90. The van der Waals surface area contributed by atoms with Crippen molar-refractivity contribution in [1.29, 1.82) is 0 Å². The van der Waals surface area contributed by atoms with E-state index in [2.05, 4.69) is 5.32 Å². The third-order valence-corrected chi connectivity index (χ3v) is 4.86. The van der Waals surface area contributed by atoms with E-state index >= 15 is 0 Å². The van der Waals surface area contributed by atoms with Crippen LogP contribution in [0.4, 0.5) is 5.69 Å². The fraction of sp³-hybridized carbons (Fsp3) is 0.0833. The third-order valence-electron chi connectivity index (χ3n) is 4.86. The molecule has 1 aliphatic rings. The fourth-order valence-electron chi connectivity index (χ4n) is 3.28. The van der Waals surface area contributed by atoms with Crippen molar-refractivity contribution >= 4 is 29.1 Å². The number of anilines is 1. The molecule has 6 heteroatoms. The standard InChI is InChI=1S/C24H17NO5/c1-14(30-24(29)15-7-3-2-4-8-15)23(28)25-16-11-12-19-20(13-16)22(27)18-10-6-5-9-17(18)21(19)26/h2-14H,1H3,(H,25,28)/t14-/m0/s1. The van der Waals surface area contributed by atoms with Crippen molar-refractivity contribution in [3.05, 3.63) is 101 Å². The Balaban J connectivity index is 1.51. The minimum absolute atomic E-state index is 0.227. The van der Waals surface area contributed by atoms with Gasteiger partial charge in [-0.15, -0.1) is 0 Å². The fourth-order valence-corrected chi connectivity index (χ4v) is 3.28. The Morgan fingerprint density at radius 2 is 1.33 bits per heavy atom. The molecule has 0 aliphatic heterocycles. The average molecular weight is 399 g/mol. The SMILES string of the molecule is C[C@H](OC(=O)c1ccccc1)C(=O)Nc1ccc2c(c1)C(=O)c1ccccc1C2=O. The van der Waals surface area contributed by atoms with Crippen molar-refractivity contribution in [3.8, 4) is 0 Å². The van der Waals surface area contributed by atoms with Gasteiger partial charge in [0.15, 0.2) is 17.7 Å². The minimum atomic E-state index is -1.05. The number of ketones is 2. The molecular formula is C24H17NO5. The first kappa shape index (κ1) is 19.3. The molecule has 0 saturated carbocycles. The summed E-state index contributed by atoms with van der Waals surface area (Å²) in [5.74, 6) is -1.67. The molecule has 1 amide bonds. The van der Waals surface area contributed by atoms with Crippen LogP contribution in [-0.2, 0) is 9.53 Å². The van der Waals surface area contributed by atoms with Crippen molar-refractivity contribution in [2.45, 2.75) is 13.0 Å². The number of nitrogens with one attached hydrogen (secondary N) is 1. The van der Waals surface area contributed by atoms with Gasteiger partial charge in [-0.2, -0.15) is 0 Å². The Bertz CT molecular complexity index is 1180. The molecule has 0 fully saturated rings. The van der Waals surface area contributed by atoms with E-state index in [-0.39, 0.29) is 17.1 Å². The predicted molar refractivity (Wildman–Crippen MR) is 110 cm³/mol. The van der Waals surface area contributed by atoms with Gasteiger partial charge in [-0.25, -0.2) is 4.79 Å². The van der Waals surface area contributed by atoms with Crippen LogP contribution in [0.15, 0.2) is 72.8 Å². The average Bonchev–Trinajstić information content (AvgIpc) is 2.78. The van der Waals surface area contributed by atoms with Crippen LogP contribution < -0.4 is 5.32 Å². The van der Waals surface area contributed by atoms with Crippen LogP contribution >= 0.6 is 0 Å². The molecule has 0 unspecified atom stereocenters. The Morgan fingerprint density at radius 1 is 0.767 bits per heavy atom. The normalized spacial score (nSPS) is 13.1. The smallest absolute Gasteiger partial charge is 0.338 e. The monoisotopic (exact) mass is 399 g/mol. The number of ether oxygens (including phenoxy) is 1. The molecule has 3 aromatic rings. The molecule has 6 nitrogen and oxygen atoms in total. The van der Waals surface area contributed by atoms with Crippen LogP contribution in [0.5, 0.6) is 0 Å². The number of hydrogen-bond acceptors (Lipinski definition) is 5. The number of rotatable bonds is 4. The first-order valence-corrected chi connectivity index (χ1v) is 9.35. The van der Waals surface area contributed by atoms with Crippen LogP contribution in [0.1, 0.15) is 49.1 Å². The highest BCUT2D eigenvalue weighted by Gasteiger charge is 2.29. The minimum Gasteiger partial charge on any atom is -0.449 e.